The molecule has 0 saturated heterocycles. The maximum Gasteiger partial charge on any atom is 0.0412 e. The first-order chi connectivity index (χ1) is 9.24. The first kappa shape index (κ1) is 12.7. The fraction of sp³-hybridized carbons (Fsp3) is 0.294. The lowest BCUT2D eigenvalue weighted by Gasteiger charge is -2.14. The summed E-state index contributed by atoms with van der Waals surface area (Å²) < 4.78 is 0. The highest BCUT2D eigenvalue weighted by atomic mass is 35.5. The van der Waals surface area contributed by atoms with Crippen LogP contribution in [0.3, 0.4) is 0 Å². The summed E-state index contributed by atoms with van der Waals surface area (Å²) in [5.74, 6) is 0.589. The van der Waals surface area contributed by atoms with Gasteiger partial charge in [0.1, 0.15) is 0 Å². The summed E-state index contributed by atoms with van der Waals surface area (Å²) in [5.41, 5.74) is 5.40. The average Bonchev–Trinajstić information content (AvgIpc) is 2.60. The molecule has 1 N–H and O–H groups in total. The van der Waals surface area contributed by atoms with Crippen LogP contribution in [-0.4, -0.2) is 13.1 Å². The molecule has 2 heteroatoms. The van der Waals surface area contributed by atoms with Gasteiger partial charge in [-0.3, -0.25) is 0 Å². The van der Waals surface area contributed by atoms with Crippen molar-refractivity contribution in [2.75, 3.05) is 13.1 Å². The SMILES string of the molecule is C[C@H]1CNCCc2cc(-c3cccc(Cl)c3)ccc21. The Bertz CT molecular complexity index is 592. The van der Waals surface area contributed by atoms with E-state index in [4.69, 9.17) is 11.6 Å². The number of halogens is 1. The highest BCUT2D eigenvalue weighted by Gasteiger charge is 2.14. The predicted molar refractivity (Wildman–Crippen MR) is 81.9 cm³/mol. The second-order valence-electron chi connectivity index (χ2n) is 5.28. The third-order valence-corrected chi connectivity index (χ3v) is 4.09. The van der Waals surface area contributed by atoms with Crippen LogP contribution in [0, 0.1) is 0 Å². The zero-order chi connectivity index (χ0) is 13.2. The molecular formula is C17H18ClN. The quantitative estimate of drug-likeness (QED) is 0.817. The lowest BCUT2D eigenvalue weighted by Crippen LogP contribution is -2.18. The minimum absolute atomic E-state index is 0.589. The summed E-state index contributed by atoms with van der Waals surface area (Å²) in [7, 11) is 0. The Labute approximate surface area is 119 Å². The van der Waals surface area contributed by atoms with Gasteiger partial charge in [-0.2, -0.15) is 0 Å². The second kappa shape index (κ2) is 5.36. The molecule has 0 bridgehead atoms. The Hall–Kier alpha value is -1.31. The van der Waals surface area contributed by atoms with Crippen molar-refractivity contribution >= 4 is 11.6 Å². The lowest BCUT2D eigenvalue weighted by atomic mass is 9.92. The van der Waals surface area contributed by atoms with E-state index < -0.39 is 0 Å². The molecule has 0 spiro atoms. The highest BCUT2D eigenvalue weighted by molar-refractivity contribution is 6.30. The van der Waals surface area contributed by atoms with Gasteiger partial charge < -0.3 is 5.32 Å². The molecular weight excluding hydrogens is 254 g/mol. The molecule has 0 radical (unpaired) electrons. The lowest BCUT2D eigenvalue weighted by molar-refractivity contribution is 0.644. The summed E-state index contributed by atoms with van der Waals surface area (Å²) in [6.07, 6.45) is 1.11. The van der Waals surface area contributed by atoms with Gasteiger partial charge in [0.05, 0.1) is 0 Å². The Morgan fingerprint density at radius 2 is 1.95 bits per heavy atom. The van der Waals surface area contributed by atoms with Crippen LogP contribution < -0.4 is 5.32 Å². The van der Waals surface area contributed by atoms with Crippen molar-refractivity contribution in [1.82, 2.24) is 5.32 Å². The van der Waals surface area contributed by atoms with Gasteiger partial charge >= 0.3 is 0 Å². The molecule has 0 unspecified atom stereocenters. The van der Waals surface area contributed by atoms with E-state index in [2.05, 4.69) is 36.5 Å². The van der Waals surface area contributed by atoms with Crippen LogP contribution in [0.25, 0.3) is 11.1 Å². The molecule has 1 aliphatic heterocycles. The van der Waals surface area contributed by atoms with E-state index in [1.807, 2.05) is 18.2 Å². The van der Waals surface area contributed by atoms with Crippen LogP contribution in [0.5, 0.6) is 0 Å². The van der Waals surface area contributed by atoms with Crippen molar-refractivity contribution in [3.63, 3.8) is 0 Å². The van der Waals surface area contributed by atoms with E-state index >= 15 is 0 Å². The fourth-order valence-corrected chi connectivity index (χ4v) is 2.99. The van der Waals surface area contributed by atoms with Gasteiger partial charge in [-0.1, -0.05) is 48.9 Å². The Balaban J connectivity index is 2.03. The number of rotatable bonds is 1. The molecule has 0 amide bonds. The molecule has 2 aromatic rings. The highest BCUT2D eigenvalue weighted by Crippen LogP contribution is 2.29. The van der Waals surface area contributed by atoms with Crippen molar-refractivity contribution < 1.29 is 0 Å². The van der Waals surface area contributed by atoms with Crippen molar-refractivity contribution in [2.24, 2.45) is 0 Å². The number of benzene rings is 2. The first-order valence-electron chi connectivity index (χ1n) is 6.83. The van der Waals surface area contributed by atoms with Gasteiger partial charge in [-0.15, -0.1) is 0 Å². The molecule has 1 nitrogen and oxygen atoms in total. The van der Waals surface area contributed by atoms with Crippen LogP contribution in [0.4, 0.5) is 0 Å². The maximum absolute atomic E-state index is 6.08. The van der Waals surface area contributed by atoms with Crippen molar-refractivity contribution in [1.29, 1.82) is 0 Å². The van der Waals surface area contributed by atoms with Crippen LogP contribution >= 0.6 is 11.6 Å². The predicted octanol–water partition coefficient (Wildman–Crippen LogP) is 4.26. The molecule has 1 heterocycles. The van der Waals surface area contributed by atoms with Gasteiger partial charge in [-0.05, 0) is 53.3 Å². The number of hydrogen-bond donors (Lipinski definition) is 1. The van der Waals surface area contributed by atoms with Crippen LogP contribution in [0.15, 0.2) is 42.5 Å². The van der Waals surface area contributed by atoms with E-state index in [0.29, 0.717) is 5.92 Å². The van der Waals surface area contributed by atoms with E-state index in [9.17, 15) is 0 Å². The van der Waals surface area contributed by atoms with E-state index in [1.165, 1.54) is 22.3 Å². The molecule has 0 aliphatic carbocycles. The Kier molecular flexibility index (Phi) is 3.58. The number of nitrogens with one attached hydrogen (secondary N) is 1. The third kappa shape index (κ3) is 2.68. The zero-order valence-electron chi connectivity index (χ0n) is 11.1. The summed E-state index contributed by atoms with van der Waals surface area (Å²) in [4.78, 5) is 0. The van der Waals surface area contributed by atoms with Crippen LogP contribution in [-0.2, 0) is 6.42 Å². The standard InChI is InChI=1S/C17H18ClN/c1-12-11-19-8-7-15-9-14(5-6-17(12)15)13-3-2-4-16(18)10-13/h2-6,9-10,12,19H,7-8,11H2,1H3/t12-/m0/s1. The smallest absolute Gasteiger partial charge is 0.0412 e. The van der Waals surface area contributed by atoms with Crippen LogP contribution in [0.2, 0.25) is 5.02 Å². The van der Waals surface area contributed by atoms with Crippen molar-refractivity contribution in [3.8, 4) is 11.1 Å². The summed E-state index contributed by atoms with van der Waals surface area (Å²) in [6.45, 7) is 4.43. The Morgan fingerprint density at radius 3 is 2.79 bits per heavy atom. The average molecular weight is 272 g/mol. The third-order valence-electron chi connectivity index (χ3n) is 3.85. The van der Waals surface area contributed by atoms with Gasteiger partial charge in [0.2, 0.25) is 0 Å². The van der Waals surface area contributed by atoms with Crippen LogP contribution in [0.1, 0.15) is 24.0 Å². The first-order valence-corrected chi connectivity index (χ1v) is 7.21. The monoisotopic (exact) mass is 271 g/mol. The summed E-state index contributed by atoms with van der Waals surface area (Å²) in [5, 5.41) is 4.29. The maximum atomic E-state index is 6.08. The minimum atomic E-state index is 0.589. The van der Waals surface area contributed by atoms with Gasteiger partial charge in [0.25, 0.3) is 0 Å². The fourth-order valence-electron chi connectivity index (χ4n) is 2.80. The van der Waals surface area contributed by atoms with Crippen molar-refractivity contribution in [2.45, 2.75) is 19.3 Å². The van der Waals surface area contributed by atoms with E-state index in [-0.39, 0.29) is 0 Å². The molecule has 1 atom stereocenters. The normalized spacial score (nSPS) is 18.7. The van der Waals surface area contributed by atoms with Crippen molar-refractivity contribution in [3.05, 3.63) is 58.6 Å². The summed E-state index contributed by atoms with van der Waals surface area (Å²) in [6, 6.07) is 14.9. The van der Waals surface area contributed by atoms with Gasteiger partial charge in [0, 0.05) is 11.6 Å². The number of hydrogen-bond acceptors (Lipinski definition) is 1. The summed E-state index contributed by atoms with van der Waals surface area (Å²) >= 11 is 6.08. The van der Waals surface area contributed by atoms with E-state index in [0.717, 1.165) is 24.5 Å². The molecule has 98 valence electrons. The molecule has 19 heavy (non-hydrogen) atoms. The molecule has 2 aromatic carbocycles. The molecule has 0 saturated carbocycles. The molecule has 3 rings (SSSR count). The zero-order valence-corrected chi connectivity index (χ0v) is 11.9. The molecule has 1 aliphatic rings. The van der Waals surface area contributed by atoms with Gasteiger partial charge in [0.15, 0.2) is 0 Å². The number of fused-ring (bicyclic) bond motifs is 1. The topological polar surface area (TPSA) is 12.0 Å². The van der Waals surface area contributed by atoms with Gasteiger partial charge in [-0.25, -0.2) is 0 Å². The minimum Gasteiger partial charge on any atom is -0.316 e. The Morgan fingerprint density at radius 1 is 1.11 bits per heavy atom. The molecule has 0 aromatic heterocycles. The largest absolute Gasteiger partial charge is 0.316 e. The molecule has 0 fully saturated rings. The second-order valence-corrected chi connectivity index (χ2v) is 5.72. The van der Waals surface area contributed by atoms with E-state index in [1.54, 1.807) is 0 Å².